The summed E-state index contributed by atoms with van der Waals surface area (Å²) in [5, 5.41) is 9.17. The lowest BCUT2D eigenvalue weighted by Crippen LogP contribution is -2.42. The van der Waals surface area contributed by atoms with Gasteiger partial charge in [0.2, 0.25) is 0 Å². The van der Waals surface area contributed by atoms with E-state index in [-0.39, 0.29) is 12.5 Å². The van der Waals surface area contributed by atoms with Gasteiger partial charge in [0.1, 0.15) is 5.78 Å². The number of ketones is 1. The molecule has 7 nitrogen and oxygen atoms in total. The lowest BCUT2D eigenvalue weighted by atomic mass is 10.1. The molecule has 0 amide bonds. The van der Waals surface area contributed by atoms with Crippen LogP contribution in [0, 0.1) is 5.92 Å². The van der Waals surface area contributed by atoms with Gasteiger partial charge in [0.05, 0.1) is 13.1 Å². The number of fused-ring (bicyclic) bond motifs is 4. The van der Waals surface area contributed by atoms with Crippen LogP contribution < -0.4 is 0 Å². The van der Waals surface area contributed by atoms with E-state index in [1.54, 1.807) is 0 Å². The Morgan fingerprint density at radius 2 is 1.15 bits per heavy atom. The zero-order valence-electron chi connectivity index (χ0n) is 17.2. The first-order chi connectivity index (χ1) is 12.9. The maximum Gasteiger partial charge on any atom is 0.317 e. The van der Waals surface area contributed by atoms with Crippen LogP contribution in [0.1, 0.15) is 33.1 Å². The van der Waals surface area contributed by atoms with Crippen molar-refractivity contribution < 1.29 is 14.7 Å². The number of rotatable bonds is 5. The van der Waals surface area contributed by atoms with E-state index >= 15 is 0 Å². The Hall–Kier alpha value is -1.02. The maximum atomic E-state index is 12.2. The highest BCUT2D eigenvalue weighted by Gasteiger charge is 2.19. The Balaban J connectivity index is 2.01. The van der Waals surface area contributed by atoms with Gasteiger partial charge in [-0.25, -0.2) is 0 Å². The van der Waals surface area contributed by atoms with E-state index in [1.165, 1.54) is 0 Å². The van der Waals surface area contributed by atoms with E-state index in [0.717, 1.165) is 84.7 Å². The molecule has 2 aliphatic rings. The Labute approximate surface area is 164 Å². The van der Waals surface area contributed by atoms with Crippen molar-refractivity contribution in [1.29, 1.82) is 0 Å². The van der Waals surface area contributed by atoms with Gasteiger partial charge in [-0.05, 0) is 52.0 Å². The molecule has 2 atom stereocenters. The number of carboxylic acids is 1. The molecule has 2 heterocycles. The monoisotopic (exact) mass is 382 g/mol. The molecule has 2 fully saturated rings. The highest BCUT2D eigenvalue weighted by molar-refractivity contribution is 5.82. The van der Waals surface area contributed by atoms with Gasteiger partial charge in [0.25, 0.3) is 0 Å². The van der Waals surface area contributed by atoms with Gasteiger partial charge < -0.3 is 14.9 Å². The van der Waals surface area contributed by atoms with Crippen LogP contribution in [0.25, 0.3) is 0 Å². The van der Waals surface area contributed by atoms with E-state index in [2.05, 4.69) is 19.6 Å². The normalized spacial score (nSPS) is 27.2. The Bertz CT molecular complexity index is 472. The first-order valence-corrected chi connectivity index (χ1v) is 10.6. The van der Waals surface area contributed by atoms with E-state index in [0.29, 0.717) is 12.3 Å². The van der Waals surface area contributed by atoms with Crippen molar-refractivity contribution in [2.45, 2.75) is 33.1 Å². The average Bonchev–Trinajstić information content (AvgIpc) is 2.67. The number of nitrogens with zero attached hydrogens (tertiary/aromatic N) is 4. The van der Waals surface area contributed by atoms with Crippen LogP contribution in [-0.2, 0) is 9.59 Å². The molecule has 2 bridgehead atoms. The SMILES string of the molecule is CC(C)C(=O)CN1CCCN2CCCN(CCCN(CC(=O)O)CC2)CC1. The standard InChI is InChI=1S/C20H38N4O3/c1-18(2)19(25)16-23-10-4-8-22-7-3-6-21(12-14-23)9-5-11-24(15-13-22)17-20(26)27/h18H,3-17H2,1-2H3,(H,26,27). The zero-order chi connectivity index (χ0) is 19.6. The van der Waals surface area contributed by atoms with Gasteiger partial charge in [-0.15, -0.1) is 0 Å². The second kappa shape index (κ2) is 11.7. The van der Waals surface area contributed by atoms with E-state index in [9.17, 15) is 9.59 Å². The summed E-state index contributed by atoms with van der Waals surface area (Å²) in [6, 6.07) is 0. The molecule has 2 aliphatic heterocycles. The Morgan fingerprint density at radius 3 is 1.59 bits per heavy atom. The van der Waals surface area contributed by atoms with Crippen LogP contribution in [0.2, 0.25) is 0 Å². The molecule has 2 saturated heterocycles. The summed E-state index contributed by atoms with van der Waals surface area (Å²) in [5.74, 6) is -0.305. The van der Waals surface area contributed by atoms with E-state index < -0.39 is 5.97 Å². The summed E-state index contributed by atoms with van der Waals surface area (Å²) in [5.41, 5.74) is 0. The number of hydrogen-bond donors (Lipinski definition) is 1. The van der Waals surface area contributed by atoms with Crippen LogP contribution in [0.15, 0.2) is 0 Å². The van der Waals surface area contributed by atoms with Crippen molar-refractivity contribution in [2.24, 2.45) is 5.92 Å². The number of aliphatic carboxylic acids is 1. The maximum absolute atomic E-state index is 12.2. The van der Waals surface area contributed by atoms with Gasteiger partial charge in [0.15, 0.2) is 0 Å². The lowest BCUT2D eigenvalue weighted by Gasteiger charge is -2.29. The Kier molecular flexibility index (Phi) is 9.68. The smallest absolute Gasteiger partial charge is 0.317 e. The summed E-state index contributed by atoms with van der Waals surface area (Å²) < 4.78 is 0. The molecule has 0 aromatic carbocycles. The molecule has 27 heavy (non-hydrogen) atoms. The number of Topliss-reactive ketones (excluding diaryl/α,β-unsaturated/α-hetero) is 1. The fourth-order valence-corrected chi connectivity index (χ4v) is 3.92. The van der Waals surface area contributed by atoms with Crippen molar-refractivity contribution >= 4 is 11.8 Å². The van der Waals surface area contributed by atoms with Crippen LogP contribution in [-0.4, -0.2) is 115 Å². The first kappa shape index (κ1) is 22.3. The van der Waals surface area contributed by atoms with Crippen molar-refractivity contribution in [3.63, 3.8) is 0 Å². The van der Waals surface area contributed by atoms with Crippen LogP contribution in [0.3, 0.4) is 0 Å². The molecule has 7 heteroatoms. The minimum Gasteiger partial charge on any atom is -0.480 e. The largest absolute Gasteiger partial charge is 0.480 e. The molecular formula is C20H38N4O3. The summed E-state index contributed by atoms with van der Waals surface area (Å²) in [6.45, 7) is 14.3. The van der Waals surface area contributed by atoms with Crippen molar-refractivity contribution in [1.82, 2.24) is 19.6 Å². The molecule has 0 aromatic heterocycles. The molecule has 1 N–H and O–H groups in total. The lowest BCUT2D eigenvalue weighted by molar-refractivity contribution is -0.138. The third-order valence-electron chi connectivity index (χ3n) is 5.69. The van der Waals surface area contributed by atoms with Crippen molar-refractivity contribution in [3.05, 3.63) is 0 Å². The Morgan fingerprint density at radius 1 is 0.704 bits per heavy atom. The third kappa shape index (κ3) is 8.68. The van der Waals surface area contributed by atoms with Crippen LogP contribution in [0.5, 0.6) is 0 Å². The number of carboxylic acid groups (broad SMARTS) is 1. The highest BCUT2D eigenvalue weighted by Crippen LogP contribution is 2.08. The number of carbonyl (C=O) groups excluding carboxylic acids is 1. The predicted octanol–water partition coefficient (Wildman–Crippen LogP) is 0.702. The second-order valence-electron chi connectivity index (χ2n) is 8.31. The third-order valence-corrected chi connectivity index (χ3v) is 5.69. The fraction of sp³-hybridized carbons (Fsp3) is 0.900. The van der Waals surface area contributed by atoms with Crippen molar-refractivity contribution in [3.8, 4) is 0 Å². The molecule has 0 spiro atoms. The topological polar surface area (TPSA) is 67.3 Å². The summed E-state index contributed by atoms with van der Waals surface area (Å²) in [7, 11) is 0. The minimum atomic E-state index is -0.736. The van der Waals surface area contributed by atoms with Gasteiger partial charge in [-0.3, -0.25) is 19.4 Å². The molecule has 2 unspecified atom stereocenters. The summed E-state index contributed by atoms with van der Waals surface area (Å²) >= 11 is 0. The molecule has 0 aromatic rings. The summed E-state index contributed by atoms with van der Waals surface area (Å²) in [6.07, 6.45) is 3.21. The molecule has 0 aliphatic carbocycles. The molecule has 156 valence electrons. The number of carbonyl (C=O) groups is 2. The van der Waals surface area contributed by atoms with E-state index in [4.69, 9.17) is 5.11 Å². The van der Waals surface area contributed by atoms with Crippen LogP contribution in [0.4, 0.5) is 0 Å². The molecule has 0 radical (unpaired) electrons. The van der Waals surface area contributed by atoms with Gasteiger partial charge >= 0.3 is 5.97 Å². The molecule has 0 saturated carbocycles. The van der Waals surface area contributed by atoms with Gasteiger partial charge in [-0.2, -0.15) is 0 Å². The first-order valence-electron chi connectivity index (χ1n) is 10.6. The van der Waals surface area contributed by atoms with Gasteiger partial charge in [0, 0.05) is 38.6 Å². The highest BCUT2D eigenvalue weighted by atomic mass is 16.4. The van der Waals surface area contributed by atoms with Crippen molar-refractivity contribution in [2.75, 3.05) is 78.5 Å². The predicted molar refractivity (Wildman–Crippen MR) is 107 cm³/mol. The van der Waals surface area contributed by atoms with Gasteiger partial charge in [-0.1, -0.05) is 13.8 Å². The quantitative estimate of drug-likeness (QED) is 0.751. The van der Waals surface area contributed by atoms with Crippen LogP contribution >= 0.6 is 0 Å². The molecular weight excluding hydrogens is 344 g/mol. The average molecular weight is 383 g/mol. The number of hydrogen-bond acceptors (Lipinski definition) is 6. The fourth-order valence-electron chi connectivity index (χ4n) is 3.92. The van der Waals surface area contributed by atoms with E-state index in [1.807, 2.05) is 13.8 Å². The summed E-state index contributed by atoms with van der Waals surface area (Å²) in [4.78, 5) is 32.8. The molecule has 2 rings (SSSR count). The second-order valence-corrected chi connectivity index (χ2v) is 8.31. The minimum absolute atomic E-state index is 0.0987. The zero-order valence-corrected chi connectivity index (χ0v) is 17.2.